The summed E-state index contributed by atoms with van der Waals surface area (Å²) in [5, 5.41) is 0. The average Bonchev–Trinajstić information content (AvgIpc) is 2.76. The molecule has 21 heavy (non-hydrogen) atoms. The summed E-state index contributed by atoms with van der Waals surface area (Å²) >= 11 is 0. The van der Waals surface area contributed by atoms with Crippen molar-refractivity contribution in [2.45, 2.75) is 71.6 Å². The fourth-order valence-electron chi connectivity index (χ4n) is 6.82. The van der Waals surface area contributed by atoms with E-state index in [1.165, 1.54) is 19.3 Å². The Balaban J connectivity index is 1.65. The zero-order valence-electron chi connectivity index (χ0n) is 13.5. The van der Waals surface area contributed by atoms with Crippen molar-refractivity contribution in [3.05, 3.63) is 0 Å². The third-order valence-corrected chi connectivity index (χ3v) is 8.19. The van der Waals surface area contributed by atoms with Gasteiger partial charge in [0.15, 0.2) is 0 Å². The van der Waals surface area contributed by atoms with E-state index < -0.39 is 0 Å². The van der Waals surface area contributed by atoms with Crippen molar-refractivity contribution in [3.8, 4) is 0 Å². The molecule has 0 heterocycles. The summed E-state index contributed by atoms with van der Waals surface area (Å²) in [6.45, 7) is 4.72. The molecule has 0 amide bonds. The highest BCUT2D eigenvalue weighted by molar-refractivity contribution is 5.87. The molecule has 4 fully saturated rings. The van der Waals surface area contributed by atoms with Crippen LogP contribution in [0.4, 0.5) is 0 Å². The van der Waals surface area contributed by atoms with E-state index >= 15 is 0 Å². The van der Waals surface area contributed by atoms with E-state index in [-0.39, 0.29) is 5.41 Å². The van der Waals surface area contributed by atoms with Crippen LogP contribution in [-0.2, 0) is 9.59 Å². The van der Waals surface area contributed by atoms with Gasteiger partial charge < -0.3 is 0 Å². The first-order chi connectivity index (χ1) is 9.95. The number of ketones is 2. The molecule has 0 N–H and O–H groups in total. The van der Waals surface area contributed by atoms with Gasteiger partial charge in [0.05, 0.1) is 0 Å². The van der Waals surface area contributed by atoms with Gasteiger partial charge in [-0.1, -0.05) is 13.8 Å². The van der Waals surface area contributed by atoms with E-state index in [0.717, 1.165) is 50.4 Å². The molecule has 5 unspecified atom stereocenters. The topological polar surface area (TPSA) is 34.1 Å². The van der Waals surface area contributed by atoms with Crippen LogP contribution in [0, 0.1) is 34.5 Å². The number of carbonyl (C=O) groups excluding carboxylic acids is 2. The lowest BCUT2D eigenvalue weighted by atomic mass is 9.45. The van der Waals surface area contributed by atoms with Crippen molar-refractivity contribution in [1.29, 1.82) is 0 Å². The van der Waals surface area contributed by atoms with Gasteiger partial charge in [-0.25, -0.2) is 0 Å². The first-order valence-corrected chi connectivity index (χ1v) is 9.00. The van der Waals surface area contributed by atoms with Crippen LogP contribution in [0.1, 0.15) is 71.6 Å². The molecule has 0 radical (unpaired) electrons. The Morgan fingerprint density at radius 3 is 2.52 bits per heavy atom. The predicted molar refractivity (Wildman–Crippen MR) is 81.7 cm³/mol. The molecule has 4 aliphatic carbocycles. The molecule has 0 bridgehead atoms. The smallest absolute Gasteiger partial charge is 0.139 e. The maximum absolute atomic E-state index is 12.4. The molecule has 0 aromatic carbocycles. The number of rotatable bonds is 0. The molecule has 0 saturated heterocycles. The number of hydrogen-bond donors (Lipinski definition) is 0. The van der Waals surface area contributed by atoms with Crippen molar-refractivity contribution in [2.24, 2.45) is 34.5 Å². The lowest BCUT2D eigenvalue weighted by Gasteiger charge is -2.59. The van der Waals surface area contributed by atoms with Crippen LogP contribution < -0.4 is 0 Å². The third-order valence-electron chi connectivity index (χ3n) is 8.19. The molecule has 0 spiro atoms. The van der Waals surface area contributed by atoms with Crippen LogP contribution in [0.2, 0.25) is 0 Å². The van der Waals surface area contributed by atoms with Crippen LogP contribution in [0.25, 0.3) is 0 Å². The summed E-state index contributed by atoms with van der Waals surface area (Å²) in [5.74, 6) is 3.82. The van der Waals surface area contributed by atoms with Crippen LogP contribution in [0.5, 0.6) is 0 Å². The van der Waals surface area contributed by atoms with E-state index in [1.807, 2.05) is 0 Å². The Kier molecular flexibility index (Phi) is 2.94. The normalized spacial score (nSPS) is 53.0. The number of carbonyl (C=O) groups is 2. The number of Topliss-reactive ketones (excluding diaryl/α,β-unsaturated/α-hetero) is 2. The molecular formula is C19H28O2. The Morgan fingerprint density at radius 2 is 1.71 bits per heavy atom. The maximum atomic E-state index is 12.4. The molecular weight excluding hydrogens is 260 g/mol. The zero-order chi connectivity index (χ0) is 14.8. The third kappa shape index (κ3) is 1.77. The van der Waals surface area contributed by atoms with Crippen molar-refractivity contribution in [3.63, 3.8) is 0 Å². The highest BCUT2D eigenvalue weighted by Crippen LogP contribution is 2.65. The van der Waals surface area contributed by atoms with E-state index in [9.17, 15) is 9.59 Å². The molecule has 4 rings (SSSR count). The molecule has 2 heteroatoms. The van der Waals surface area contributed by atoms with Crippen LogP contribution in [-0.4, -0.2) is 11.6 Å². The van der Waals surface area contributed by atoms with Crippen molar-refractivity contribution < 1.29 is 9.59 Å². The second-order valence-corrected chi connectivity index (χ2v) is 8.82. The van der Waals surface area contributed by atoms with Gasteiger partial charge in [0.2, 0.25) is 0 Å². The summed E-state index contributed by atoms with van der Waals surface area (Å²) < 4.78 is 0. The van der Waals surface area contributed by atoms with E-state index in [0.29, 0.717) is 28.8 Å². The summed E-state index contributed by atoms with van der Waals surface area (Å²) in [6.07, 6.45) is 9.53. The molecule has 4 saturated carbocycles. The first-order valence-electron chi connectivity index (χ1n) is 9.00. The fraction of sp³-hybridized carbons (Fsp3) is 0.895. The highest BCUT2D eigenvalue weighted by atomic mass is 16.1. The average molecular weight is 288 g/mol. The number of hydrogen-bond acceptors (Lipinski definition) is 2. The Hall–Kier alpha value is -0.660. The van der Waals surface area contributed by atoms with E-state index in [2.05, 4.69) is 13.8 Å². The predicted octanol–water partition coefficient (Wildman–Crippen LogP) is 4.17. The van der Waals surface area contributed by atoms with Crippen molar-refractivity contribution in [2.75, 3.05) is 0 Å². The summed E-state index contributed by atoms with van der Waals surface area (Å²) in [4.78, 5) is 24.2. The van der Waals surface area contributed by atoms with Crippen LogP contribution >= 0.6 is 0 Å². The van der Waals surface area contributed by atoms with Crippen LogP contribution in [0.3, 0.4) is 0 Å². The largest absolute Gasteiger partial charge is 0.300 e. The SMILES string of the molecule is CC12CCC3C(CC[C@H]4CC(=O)CCC34C)C1CCC2=O. The minimum atomic E-state index is -0.00511. The highest BCUT2D eigenvalue weighted by Gasteiger charge is 2.60. The Labute approximate surface area is 128 Å². The standard InChI is InChI=1S/C19H28O2/c1-18-9-7-13(20)11-12(18)3-4-14-15-5-6-17(21)19(15,2)10-8-16(14)18/h12,14-16H,3-11H2,1-2H3/t12-,14?,15?,16?,18?,19?/m0/s1. The fourth-order valence-corrected chi connectivity index (χ4v) is 6.82. The maximum Gasteiger partial charge on any atom is 0.139 e. The Morgan fingerprint density at radius 1 is 0.905 bits per heavy atom. The van der Waals surface area contributed by atoms with Gasteiger partial charge >= 0.3 is 0 Å². The zero-order valence-corrected chi connectivity index (χ0v) is 13.5. The van der Waals surface area contributed by atoms with Gasteiger partial charge in [-0.2, -0.15) is 0 Å². The lowest BCUT2D eigenvalue weighted by molar-refractivity contribution is -0.144. The van der Waals surface area contributed by atoms with E-state index in [1.54, 1.807) is 0 Å². The lowest BCUT2D eigenvalue weighted by Crippen LogP contribution is -2.53. The van der Waals surface area contributed by atoms with Gasteiger partial charge in [-0.15, -0.1) is 0 Å². The van der Waals surface area contributed by atoms with Crippen LogP contribution in [0.15, 0.2) is 0 Å². The molecule has 116 valence electrons. The molecule has 0 aromatic rings. The molecule has 6 atom stereocenters. The molecule has 0 aliphatic heterocycles. The van der Waals surface area contributed by atoms with Crippen molar-refractivity contribution in [1.82, 2.24) is 0 Å². The van der Waals surface area contributed by atoms with Gasteiger partial charge in [0, 0.05) is 24.7 Å². The minimum Gasteiger partial charge on any atom is -0.300 e. The second kappa shape index (κ2) is 4.43. The van der Waals surface area contributed by atoms with Gasteiger partial charge in [0.1, 0.15) is 11.6 Å². The van der Waals surface area contributed by atoms with Gasteiger partial charge in [-0.3, -0.25) is 9.59 Å². The molecule has 0 aromatic heterocycles. The quantitative estimate of drug-likeness (QED) is 0.670. The Bertz CT molecular complexity index is 496. The minimum absolute atomic E-state index is 0.00511. The summed E-state index contributed by atoms with van der Waals surface area (Å²) in [5.41, 5.74) is 0.374. The second-order valence-electron chi connectivity index (χ2n) is 8.82. The van der Waals surface area contributed by atoms with E-state index in [4.69, 9.17) is 0 Å². The summed E-state index contributed by atoms with van der Waals surface area (Å²) in [6, 6.07) is 0. The van der Waals surface area contributed by atoms with Gasteiger partial charge in [0.25, 0.3) is 0 Å². The first kappa shape index (κ1) is 14.0. The summed E-state index contributed by atoms with van der Waals surface area (Å²) in [7, 11) is 0. The molecule has 2 nitrogen and oxygen atoms in total. The molecule has 4 aliphatic rings. The number of fused-ring (bicyclic) bond motifs is 5. The monoisotopic (exact) mass is 288 g/mol. The van der Waals surface area contributed by atoms with Gasteiger partial charge in [-0.05, 0) is 67.6 Å². The van der Waals surface area contributed by atoms with Crippen molar-refractivity contribution >= 4 is 11.6 Å².